The van der Waals surface area contributed by atoms with E-state index in [1.807, 2.05) is 36.4 Å². The third kappa shape index (κ3) is 5.42. The quantitative estimate of drug-likeness (QED) is 0.574. The molecule has 2 fully saturated rings. The number of rotatable bonds is 5. The Morgan fingerprint density at radius 3 is 2.11 bits per heavy atom. The van der Waals surface area contributed by atoms with Crippen LogP contribution in [0, 0.1) is 0 Å². The molecule has 0 atom stereocenters. The lowest BCUT2D eigenvalue weighted by Gasteiger charge is -2.33. The van der Waals surface area contributed by atoms with Crippen molar-refractivity contribution in [2.45, 2.75) is 63.6 Å². The molecule has 2 heterocycles. The summed E-state index contributed by atoms with van der Waals surface area (Å²) in [5.41, 5.74) is 1.03. The van der Waals surface area contributed by atoms with Crippen LogP contribution in [0.15, 0.2) is 59.4 Å². The van der Waals surface area contributed by atoms with E-state index in [2.05, 4.69) is 15.7 Å². The molecule has 5 rings (SSSR count). The van der Waals surface area contributed by atoms with Gasteiger partial charge in [0.1, 0.15) is 0 Å². The SMILES string of the molecule is O=C(NC1CCCCC1)NC1CCN(C(=O)c2nn(Cc3ccccc3)c(=O)c3ccccc23)CC1. The predicted octanol–water partition coefficient (Wildman–Crippen LogP) is 3.68. The van der Waals surface area contributed by atoms with Gasteiger partial charge in [-0.05, 0) is 37.3 Å². The number of amides is 3. The van der Waals surface area contributed by atoms with E-state index in [0.29, 0.717) is 48.9 Å². The maximum absolute atomic E-state index is 13.6. The number of likely N-dealkylation sites (tertiary alicyclic amines) is 1. The van der Waals surface area contributed by atoms with Crippen LogP contribution in [0.25, 0.3) is 10.8 Å². The zero-order valence-electron chi connectivity index (χ0n) is 20.5. The van der Waals surface area contributed by atoms with Crippen molar-refractivity contribution in [1.82, 2.24) is 25.3 Å². The standard InChI is InChI=1S/C28H33N5O3/c34-26-24-14-8-7-13-23(24)25(31-33(26)19-20-9-3-1-4-10-20)27(35)32-17-15-22(16-18-32)30-28(36)29-21-11-5-2-6-12-21/h1,3-4,7-10,13-14,21-22H,2,5-6,11-12,15-19H2,(H2,29,30,36). The van der Waals surface area contributed by atoms with Gasteiger partial charge in [0, 0.05) is 30.6 Å². The fraction of sp³-hybridized carbons (Fsp3) is 0.429. The second-order valence-electron chi connectivity index (χ2n) is 9.86. The zero-order chi connectivity index (χ0) is 24.9. The van der Waals surface area contributed by atoms with E-state index in [4.69, 9.17) is 0 Å². The second-order valence-corrected chi connectivity index (χ2v) is 9.86. The lowest BCUT2D eigenvalue weighted by atomic mass is 9.96. The van der Waals surface area contributed by atoms with Crippen molar-refractivity contribution >= 4 is 22.7 Å². The van der Waals surface area contributed by atoms with E-state index in [-0.39, 0.29) is 29.6 Å². The Balaban J connectivity index is 1.28. The minimum Gasteiger partial charge on any atom is -0.337 e. The fourth-order valence-electron chi connectivity index (χ4n) is 5.29. The molecule has 3 amide bonds. The highest BCUT2D eigenvalue weighted by molar-refractivity contribution is 6.04. The number of fused-ring (bicyclic) bond motifs is 1. The Morgan fingerprint density at radius 1 is 0.806 bits per heavy atom. The number of benzene rings is 2. The minimum atomic E-state index is -0.210. The average molecular weight is 488 g/mol. The summed E-state index contributed by atoms with van der Waals surface area (Å²) in [4.78, 5) is 40.9. The summed E-state index contributed by atoms with van der Waals surface area (Å²) in [7, 11) is 0. The van der Waals surface area contributed by atoms with Gasteiger partial charge in [0.25, 0.3) is 11.5 Å². The lowest BCUT2D eigenvalue weighted by molar-refractivity contribution is 0.0702. The molecule has 2 aliphatic rings. The summed E-state index contributed by atoms with van der Waals surface area (Å²) in [6, 6.07) is 17.0. The van der Waals surface area contributed by atoms with Crippen LogP contribution in [0.5, 0.6) is 0 Å². The van der Waals surface area contributed by atoms with Crippen molar-refractivity contribution in [3.8, 4) is 0 Å². The first-order valence-corrected chi connectivity index (χ1v) is 13.0. The van der Waals surface area contributed by atoms with Crippen LogP contribution in [0.3, 0.4) is 0 Å². The summed E-state index contributed by atoms with van der Waals surface area (Å²) < 4.78 is 1.38. The fourth-order valence-corrected chi connectivity index (χ4v) is 5.29. The molecule has 2 aromatic carbocycles. The number of carbonyl (C=O) groups is 2. The number of carbonyl (C=O) groups excluding carboxylic acids is 2. The Labute approximate surface area is 210 Å². The number of piperidine rings is 1. The molecule has 3 aromatic rings. The third-order valence-corrected chi connectivity index (χ3v) is 7.30. The van der Waals surface area contributed by atoms with E-state index in [0.717, 1.165) is 18.4 Å². The zero-order valence-corrected chi connectivity index (χ0v) is 20.5. The predicted molar refractivity (Wildman–Crippen MR) is 139 cm³/mol. The van der Waals surface area contributed by atoms with Crippen molar-refractivity contribution in [1.29, 1.82) is 0 Å². The molecular weight excluding hydrogens is 454 g/mol. The van der Waals surface area contributed by atoms with Gasteiger partial charge in [0.15, 0.2) is 5.69 Å². The summed E-state index contributed by atoms with van der Waals surface area (Å²) in [5, 5.41) is 11.8. The molecule has 2 N–H and O–H groups in total. The van der Waals surface area contributed by atoms with Crippen LogP contribution in [-0.2, 0) is 6.54 Å². The first-order chi connectivity index (χ1) is 17.6. The van der Waals surface area contributed by atoms with Gasteiger partial charge in [0.2, 0.25) is 0 Å². The van der Waals surface area contributed by atoms with Gasteiger partial charge in [-0.15, -0.1) is 0 Å². The number of urea groups is 1. The molecule has 8 nitrogen and oxygen atoms in total. The number of nitrogens with zero attached hydrogens (tertiary/aromatic N) is 3. The van der Waals surface area contributed by atoms with Crippen molar-refractivity contribution < 1.29 is 9.59 Å². The van der Waals surface area contributed by atoms with Crippen LogP contribution in [0.1, 0.15) is 61.0 Å². The highest BCUT2D eigenvalue weighted by Crippen LogP contribution is 2.20. The van der Waals surface area contributed by atoms with Crippen LogP contribution < -0.4 is 16.2 Å². The highest BCUT2D eigenvalue weighted by atomic mass is 16.2. The normalized spacial score (nSPS) is 17.2. The smallest absolute Gasteiger partial charge is 0.315 e. The summed E-state index contributed by atoms with van der Waals surface area (Å²) >= 11 is 0. The molecule has 0 radical (unpaired) electrons. The molecule has 1 saturated heterocycles. The van der Waals surface area contributed by atoms with Gasteiger partial charge < -0.3 is 15.5 Å². The molecule has 1 saturated carbocycles. The average Bonchev–Trinajstić information content (AvgIpc) is 2.91. The Hall–Kier alpha value is -3.68. The molecule has 8 heteroatoms. The Morgan fingerprint density at radius 2 is 1.42 bits per heavy atom. The van der Waals surface area contributed by atoms with Gasteiger partial charge >= 0.3 is 6.03 Å². The van der Waals surface area contributed by atoms with Crippen molar-refractivity contribution in [2.24, 2.45) is 0 Å². The van der Waals surface area contributed by atoms with Crippen molar-refractivity contribution in [3.05, 3.63) is 76.2 Å². The van der Waals surface area contributed by atoms with Gasteiger partial charge in [-0.25, -0.2) is 9.48 Å². The van der Waals surface area contributed by atoms with Gasteiger partial charge in [-0.2, -0.15) is 5.10 Å². The number of hydrogen-bond donors (Lipinski definition) is 2. The van der Waals surface area contributed by atoms with Crippen LogP contribution in [-0.4, -0.2) is 51.8 Å². The van der Waals surface area contributed by atoms with E-state index in [9.17, 15) is 14.4 Å². The molecule has 188 valence electrons. The molecular formula is C28H33N5O3. The van der Waals surface area contributed by atoms with Crippen LogP contribution in [0.4, 0.5) is 4.79 Å². The molecule has 0 spiro atoms. The number of nitrogens with one attached hydrogen (secondary N) is 2. The van der Waals surface area contributed by atoms with E-state index in [1.165, 1.54) is 23.9 Å². The molecule has 1 aromatic heterocycles. The Kier molecular flexibility index (Phi) is 7.30. The highest BCUT2D eigenvalue weighted by Gasteiger charge is 2.28. The van der Waals surface area contributed by atoms with Crippen LogP contribution in [0.2, 0.25) is 0 Å². The monoisotopic (exact) mass is 487 g/mol. The maximum atomic E-state index is 13.6. The molecule has 1 aliphatic heterocycles. The van der Waals surface area contributed by atoms with Gasteiger partial charge in [0.05, 0.1) is 11.9 Å². The lowest BCUT2D eigenvalue weighted by Crippen LogP contribution is -2.51. The van der Waals surface area contributed by atoms with Gasteiger partial charge in [-0.3, -0.25) is 9.59 Å². The molecule has 1 aliphatic carbocycles. The number of hydrogen-bond acceptors (Lipinski definition) is 4. The molecule has 0 bridgehead atoms. The second kappa shape index (κ2) is 10.9. The first-order valence-electron chi connectivity index (χ1n) is 13.0. The summed E-state index contributed by atoms with van der Waals surface area (Å²) in [5.74, 6) is -0.182. The summed E-state index contributed by atoms with van der Waals surface area (Å²) in [6.45, 7) is 1.36. The maximum Gasteiger partial charge on any atom is 0.315 e. The number of aromatic nitrogens is 2. The van der Waals surface area contributed by atoms with Gasteiger partial charge in [-0.1, -0.05) is 67.8 Å². The Bertz CT molecular complexity index is 1280. The topological polar surface area (TPSA) is 96.3 Å². The van der Waals surface area contributed by atoms with Crippen molar-refractivity contribution in [3.63, 3.8) is 0 Å². The summed E-state index contributed by atoms with van der Waals surface area (Å²) in [6.07, 6.45) is 7.07. The van der Waals surface area contributed by atoms with Crippen LogP contribution >= 0.6 is 0 Å². The van der Waals surface area contributed by atoms with Crippen molar-refractivity contribution in [2.75, 3.05) is 13.1 Å². The largest absolute Gasteiger partial charge is 0.337 e. The first kappa shape index (κ1) is 24.0. The van der Waals surface area contributed by atoms with E-state index >= 15 is 0 Å². The minimum absolute atomic E-state index is 0.0365. The molecule has 0 unspecified atom stereocenters. The molecule has 36 heavy (non-hydrogen) atoms. The van der Waals surface area contributed by atoms with E-state index in [1.54, 1.807) is 23.1 Å². The third-order valence-electron chi connectivity index (χ3n) is 7.30. The van der Waals surface area contributed by atoms with E-state index < -0.39 is 0 Å².